The van der Waals surface area contributed by atoms with Crippen molar-refractivity contribution in [3.63, 3.8) is 0 Å². The number of rotatable bonds is 7. The molecule has 3 N–H and O–H groups in total. The fourth-order valence-electron chi connectivity index (χ4n) is 1.44. The fourth-order valence-corrected chi connectivity index (χ4v) is 2.28. The maximum atomic E-state index is 11.9. The van der Waals surface area contributed by atoms with E-state index in [-0.39, 0.29) is 18.4 Å². The molecule has 0 heterocycles. The molecule has 0 aromatic heterocycles. The standard InChI is InChI=1S/C14H21N3O2S/c1-3-8-16-13(18)9-17(2)14(19)10-20-12-6-4-11(15)5-7-12/h4-7H,3,8-10,15H2,1-2H3,(H,16,18). The summed E-state index contributed by atoms with van der Waals surface area (Å²) < 4.78 is 0. The van der Waals surface area contributed by atoms with E-state index in [4.69, 9.17) is 5.73 Å². The zero-order chi connectivity index (χ0) is 15.0. The molecule has 20 heavy (non-hydrogen) atoms. The number of anilines is 1. The molecule has 0 aliphatic heterocycles. The molecule has 0 bridgehead atoms. The Bertz CT molecular complexity index is 448. The van der Waals surface area contributed by atoms with Crippen LogP contribution < -0.4 is 11.1 Å². The average molecular weight is 295 g/mol. The lowest BCUT2D eigenvalue weighted by Gasteiger charge is -2.16. The fraction of sp³-hybridized carbons (Fsp3) is 0.429. The number of amides is 2. The van der Waals surface area contributed by atoms with Gasteiger partial charge in [-0.2, -0.15) is 0 Å². The minimum absolute atomic E-state index is 0.0709. The summed E-state index contributed by atoms with van der Waals surface area (Å²) in [5.74, 6) is 0.111. The molecule has 0 fully saturated rings. The molecule has 0 aliphatic rings. The molecule has 0 saturated carbocycles. The number of hydrogen-bond donors (Lipinski definition) is 2. The highest BCUT2D eigenvalue weighted by Crippen LogP contribution is 2.19. The van der Waals surface area contributed by atoms with Crippen LogP contribution in [-0.4, -0.2) is 42.6 Å². The van der Waals surface area contributed by atoms with E-state index in [0.717, 1.165) is 11.3 Å². The molecule has 0 unspecified atom stereocenters. The Labute approximate surface area is 123 Å². The topological polar surface area (TPSA) is 75.4 Å². The van der Waals surface area contributed by atoms with Gasteiger partial charge in [0.15, 0.2) is 0 Å². The first-order valence-electron chi connectivity index (χ1n) is 6.52. The molecule has 5 nitrogen and oxygen atoms in total. The number of thioether (sulfide) groups is 1. The third-order valence-electron chi connectivity index (χ3n) is 2.62. The second kappa shape index (κ2) is 8.47. The summed E-state index contributed by atoms with van der Waals surface area (Å²) in [6.45, 7) is 2.72. The molecule has 1 rings (SSSR count). The van der Waals surface area contributed by atoms with Gasteiger partial charge in [-0.05, 0) is 30.7 Å². The Kier molecular flexibility index (Phi) is 6.93. The summed E-state index contributed by atoms with van der Waals surface area (Å²) in [6.07, 6.45) is 0.885. The number of nitrogen functional groups attached to an aromatic ring is 1. The molecular formula is C14H21N3O2S. The highest BCUT2D eigenvalue weighted by molar-refractivity contribution is 8.00. The quantitative estimate of drug-likeness (QED) is 0.588. The van der Waals surface area contributed by atoms with Gasteiger partial charge in [0.2, 0.25) is 11.8 Å². The molecule has 110 valence electrons. The van der Waals surface area contributed by atoms with Crippen LogP contribution in [0, 0.1) is 0 Å². The van der Waals surface area contributed by atoms with Crippen molar-refractivity contribution in [2.45, 2.75) is 18.2 Å². The van der Waals surface area contributed by atoms with E-state index in [0.29, 0.717) is 18.0 Å². The molecule has 2 amide bonds. The van der Waals surface area contributed by atoms with Crippen molar-refractivity contribution in [1.82, 2.24) is 10.2 Å². The summed E-state index contributed by atoms with van der Waals surface area (Å²) in [6, 6.07) is 7.35. The maximum absolute atomic E-state index is 11.9. The van der Waals surface area contributed by atoms with E-state index in [1.165, 1.54) is 16.7 Å². The summed E-state index contributed by atoms with van der Waals surface area (Å²) in [7, 11) is 1.64. The van der Waals surface area contributed by atoms with Gasteiger partial charge in [0.25, 0.3) is 0 Å². The van der Waals surface area contributed by atoms with Gasteiger partial charge in [-0.1, -0.05) is 6.92 Å². The third kappa shape index (κ3) is 5.97. The van der Waals surface area contributed by atoms with Gasteiger partial charge >= 0.3 is 0 Å². The molecule has 0 atom stereocenters. The van der Waals surface area contributed by atoms with Crippen molar-refractivity contribution < 1.29 is 9.59 Å². The van der Waals surface area contributed by atoms with Crippen LogP contribution in [0.4, 0.5) is 5.69 Å². The smallest absolute Gasteiger partial charge is 0.239 e. The molecule has 0 saturated heterocycles. The molecule has 1 aromatic carbocycles. The third-order valence-corrected chi connectivity index (χ3v) is 3.62. The normalized spacial score (nSPS) is 10.1. The molecule has 6 heteroatoms. The van der Waals surface area contributed by atoms with Gasteiger partial charge in [-0.3, -0.25) is 9.59 Å². The number of nitrogens with two attached hydrogens (primary N) is 1. The monoisotopic (exact) mass is 295 g/mol. The van der Waals surface area contributed by atoms with Crippen LogP contribution in [0.15, 0.2) is 29.2 Å². The minimum Gasteiger partial charge on any atom is -0.399 e. The predicted octanol–water partition coefficient (Wildman–Crippen LogP) is 1.35. The van der Waals surface area contributed by atoms with Gasteiger partial charge in [-0.25, -0.2) is 0 Å². The Morgan fingerprint density at radius 3 is 2.55 bits per heavy atom. The molecule has 1 aromatic rings. The number of benzene rings is 1. The number of carbonyl (C=O) groups is 2. The van der Waals surface area contributed by atoms with E-state index in [1.54, 1.807) is 19.2 Å². The number of likely N-dealkylation sites (N-methyl/N-ethyl adjacent to an activating group) is 1. The van der Waals surface area contributed by atoms with E-state index >= 15 is 0 Å². The van der Waals surface area contributed by atoms with E-state index in [2.05, 4.69) is 5.32 Å². The summed E-state index contributed by atoms with van der Waals surface area (Å²) >= 11 is 1.43. The Morgan fingerprint density at radius 1 is 1.30 bits per heavy atom. The van der Waals surface area contributed by atoms with Crippen LogP contribution in [0.2, 0.25) is 0 Å². The van der Waals surface area contributed by atoms with Crippen LogP contribution in [0.3, 0.4) is 0 Å². The van der Waals surface area contributed by atoms with Crippen molar-refractivity contribution in [1.29, 1.82) is 0 Å². The Balaban J connectivity index is 2.34. The average Bonchev–Trinajstić information content (AvgIpc) is 2.44. The molecule has 0 spiro atoms. The summed E-state index contributed by atoms with van der Waals surface area (Å²) in [4.78, 5) is 25.8. The first-order chi connectivity index (χ1) is 9.52. The molecular weight excluding hydrogens is 274 g/mol. The van der Waals surface area contributed by atoms with E-state index in [9.17, 15) is 9.59 Å². The highest BCUT2D eigenvalue weighted by Gasteiger charge is 2.12. The van der Waals surface area contributed by atoms with Gasteiger partial charge in [0.1, 0.15) is 0 Å². The summed E-state index contributed by atoms with van der Waals surface area (Å²) in [5.41, 5.74) is 6.30. The van der Waals surface area contributed by atoms with Crippen molar-refractivity contribution >= 4 is 29.3 Å². The minimum atomic E-state index is -0.125. The largest absolute Gasteiger partial charge is 0.399 e. The lowest BCUT2D eigenvalue weighted by atomic mass is 10.3. The van der Waals surface area contributed by atoms with Crippen LogP contribution >= 0.6 is 11.8 Å². The second-order valence-corrected chi connectivity index (χ2v) is 5.51. The first kappa shape index (κ1) is 16.4. The second-order valence-electron chi connectivity index (χ2n) is 4.46. The predicted molar refractivity (Wildman–Crippen MR) is 82.5 cm³/mol. The molecule has 0 radical (unpaired) electrons. The van der Waals surface area contributed by atoms with Crippen molar-refractivity contribution in [3.05, 3.63) is 24.3 Å². The highest BCUT2D eigenvalue weighted by atomic mass is 32.2. The van der Waals surface area contributed by atoms with E-state index in [1.807, 2.05) is 19.1 Å². The Hall–Kier alpha value is -1.69. The van der Waals surface area contributed by atoms with Crippen LogP contribution in [-0.2, 0) is 9.59 Å². The Morgan fingerprint density at radius 2 is 1.95 bits per heavy atom. The van der Waals surface area contributed by atoms with Gasteiger partial charge in [-0.15, -0.1) is 11.8 Å². The lowest BCUT2D eigenvalue weighted by Crippen LogP contribution is -2.39. The lowest BCUT2D eigenvalue weighted by molar-refractivity contribution is -0.132. The first-order valence-corrected chi connectivity index (χ1v) is 7.50. The number of hydrogen-bond acceptors (Lipinski definition) is 4. The number of nitrogens with zero attached hydrogens (tertiary/aromatic N) is 1. The number of nitrogens with one attached hydrogen (secondary N) is 1. The SMILES string of the molecule is CCCNC(=O)CN(C)C(=O)CSc1ccc(N)cc1. The van der Waals surface area contributed by atoms with Crippen LogP contribution in [0.25, 0.3) is 0 Å². The van der Waals surface area contributed by atoms with Gasteiger partial charge in [0.05, 0.1) is 12.3 Å². The number of carbonyl (C=O) groups excluding carboxylic acids is 2. The zero-order valence-corrected chi connectivity index (χ0v) is 12.7. The zero-order valence-electron chi connectivity index (χ0n) is 11.9. The van der Waals surface area contributed by atoms with E-state index < -0.39 is 0 Å². The molecule has 0 aliphatic carbocycles. The van der Waals surface area contributed by atoms with Gasteiger partial charge in [0, 0.05) is 24.2 Å². The summed E-state index contributed by atoms with van der Waals surface area (Å²) in [5, 5.41) is 2.74. The van der Waals surface area contributed by atoms with Crippen molar-refractivity contribution in [2.24, 2.45) is 0 Å². The van der Waals surface area contributed by atoms with Crippen molar-refractivity contribution in [2.75, 3.05) is 31.6 Å². The van der Waals surface area contributed by atoms with Gasteiger partial charge < -0.3 is 16.0 Å². The van der Waals surface area contributed by atoms with Crippen LogP contribution in [0.5, 0.6) is 0 Å². The van der Waals surface area contributed by atoms with Crippen LogP contribution in [0.1, 0.15) is 13.3 Å². The van der Waals surface area contributed by atoms with Crippen molar-refractivity contribution in [3.8, 4) is 0 Å². The maximum Gasteiger partial charge on any atom is 0.239 e.